The first-order chi connectivity index (χ1) is 17.5. The Bertz CT molecular complexity index is 1600. The first-order valence-corrected chi connectivity index (χ1v) is 12.9. The van der Waals surface area contributed by atoms with Gasteiger partial charge in [0.1, 0.15) is 16.2 Å². The molecule has 0 radical (unpaired) electrons. The highest BCUT2D eigenvalue weighted by Crippen LogP contribution is 2.32. The monoisotopic (exact) mass is 545 g/mol. The molecule has 0 aliphatic carbocycles. The van der Waals surface area contributed by atoms with Crippen LogP contribution in [-0.2, 0) is 13.6 Å². The van der Waals surface area contributed by atoms with Gasteiger partial charge in [0.15, 0.2) is 0 Å². The van der Waals surface area contributed by atoms with Crippen molar-refractivity contribution >= 4 is 43.8 Å². The standard InChI is InChI=1S/C28H25BrFN5O/c1-33-25-16-20(9-10-22(25)26(29)32-33)28(36)34-13-11-19(12-14-34)27-31-23-7-2-3-8-24(23)35(27)17-18-5-4-6-21(30)15-18/h2-10,15-16,19H,11-14,17H2,1H3. The number of carbonyl (C=O) groups excluding carboxylic acids is 1. The van der Waals surface area contributed by atoms with Crippen LogP contribution in [0.5, 0.6) is 0 Å². The highest BCUT2D eigenvalue weighted by molar-refractivity contribution is 9.10. The number of imidazole rings is 1. The molecule has 0 atom stereocenters. The molecule has 2 aromatic heterocycles. The number of carbonyl (C=O) groups is 1. The van der Waals surface area contributed by atoms with Crippen molar-refractivity contribution in [2.24, 2.45) is 7.05 Å². The first-order valence-electron chi connectivity index (χ1n) is 12.1. The molecule has 0 bridgehead atoms. The molecule has 182 valence electrons. The van der Waals surface area contributed by atoms with Crippen molar-refractivity contribution in [1.29, 1.82) is 0 Å². The Morgan fingerprint density at radius 3 is 2.64 bits per heavy atom. The molecule has 3 heterocycles. The SMILES string of the molecule is Cn1nc(Br)c2ccc(C(=O)N3CCC(c4nc5ccccc5n4Cc4cccc(F)c4)CC3)cc21. The molecule has 1 aliphatic rings. The third-order valence-electron chi connectivity index (χ3n) is 7.11. The molecule has 6 nitrogen and oxygen atoms in total. The summed E-state index contributed by atoms with van der Waals surface area (Å²) in [5.41, 5.74) is 4.50. The molecule has 3 aromatic carbocycles. The molecule has 1 fully saturated rings. The Morgan fingerprint density at radius 2 is 1.83 bits per heavy atom. The molecule has 6 rings (SSSR count). The van der Waals surface area contributed by atoms with Crippen LogP contribution in [0.25, 0.3) is 21.9 Å². The normalized spacial score (nSPS) is 14.7. The number of piperidine rings is 1. The number of fused-ring (bicyclic) bond motifs is 2. The molecule has 36 heavy (non-hydrogen) atoms. The lowest BCUT2D eigenvalue weighted by molar-refractivity contribution is 0.0710. The van der Waals surface area contributed by atoms with Gasteiger partial charge in [0.25, 0.3) is 5.91 Å². The van der Waals surface area contributed by atoms with E-state index in [1.54, 1.807) is 16.8 Å². The van der Waals surface area contributed by atoms with Gasteiger partial charge in [0, 0.05) is 43.5 Å². The molecule has 0 saturated carbocycles. The second-order valence-electron chi connectivity index (χ2n) is 9.39. The molecule has 0 spiro atoms. The minimum absolute atomic E-state index is 0.0425. The van der Waals surface area contributed by atoms with Gasteiger partial charge in [-0.3, -0.25) is 9.48 Å². The third kappa shape index (κ3) is 4.09. The van der Waals surface area contributed by atoms with Gasteiger partial charge < -0.3 is 9.47 Å². The van der Waals surface area contributed by atoms with E-state index in [1.165, 1.54) is 6.07 Å². The van der Waals surface area contributed by atoms with Crippen LogP contribution in [0.1, 0.15) is 40.5 Å². The largest absolute Gasteiger partial charge is 0.339 e. The Hall–Kier alpha value is -3.52. The Morgan fingerprint density at radius 1 is 1.03 bits per heavy atom. The molecule has 0 N–H and O–H groups in total. The van der Waals surface area contributed by atoms with E-state index in [0.717, 1.165) is 50.8 Å². The zero-order valence-electron chi connectivity index (χ0n) is 19.9. The summed E-state index contributed by atoms with van der Waals surface area (Å²) >= 11 is 3.47. The molecular formula is C28H25BrFN5O. The van der Waals surface area contributed by atoms with Crippen LogP contribution in [0.15, 0.2) is 71.3 Å². The van der Waals surface area contributed by atoms with Gasteiger partial charge in [-0.25, -0.2) is 9.37 Å². The summed E-state index contributed by atoms with van der Waals surface area (Å²) < 4.78 is 18.6. The van der Waals surface area contributed by atoms with Crippen molar-refractivity contribution in [2.45, 2.75) is 25.3 Å². The minimum atomic E-state index is -0.234. The number of nitrogens with zero attached hydrogens (tertiary/aromatic N) is 5. The number of halogens is 2. The van der Waals surface area contributed by atoms with E-state index < -0.39 is 0 Å². The fourth-order valence-corrected chi connectivity index (χ4v) is 5.83. The van der Waals surface area contributed by atoms with Crippen molar-refractivity contribution in [3.05, 3.63) is 94.1 Å². The number of hydrogen-bond acceptors (Lipinski definition) is 3. The van der Waals surface area contributed by atoms with Crippen LogP contribution in [0.3, 0.4) is 0 Å². The predicted octanol–water partition coefficient (Wildman–Crippen LogP) is 5.89. The number of rotatable bonds is 4. The summed E-state index contributed by atoms with van der Waals surface area (Å²) in [6.45, 7) is 1.90. The fraction of sp³-hybridized carbons (Fsp3) is 0.250. The van der Waals surface area contributed by atoms with Gasteiger partial charge >= 0.3 is 0 Å². The lowest BCUT2D eigenvalue weighted by atomic mass is 9.95. The van der Waals surface area contributed by atoms with Crippen LogP contribution in [0, 0.1) is 5.82 Å². The second kappa shape index (κ2) is 9.17. The number of benzene rings is 3. The molecule has 1 saturated heterocycles. The van der Waals surface area contributed by atoms with Gasteiger partial charge in [-0.15, -0.1) is 0 Å². The Labute approximate surface area is 216 Å². The minimum Gasteiger partial charge on any atom is -0.339 e. The highest BCUT2D eigenvalue weighted by Gasteiger charge is 2.28. The van der Waals surface area contributed by atoms with Crippen LogP contribution in [0.2, 0.25) is 0 Å². The number of aromatic nitrogens is 4. The van der Waals surface area contributed by atoms with Crippen LogP contribution < -0.4 is 0 Å². The summed E-state index contributed by atoms with van der Waals surface area (Å²) in [6, 6.07) is 20.6. The number of para-hydroxylation sites is 2. The van der Waals surface area contributed by atoms with E-state index >= 15 is 0 Å². The first kappa shape index (κ1) is 22.9. The Kier molecular flexibility index (Phi) is 5.84. The van der Waals surface area contributed by atoms with Gasteiger partial charge in [-0.1, -0.05) is 24.3 Å². The van der Waals surface area contributed by atoms with E-state index in [0.29, 0.717) is 25.2 Å². The molecule has 1 aliphatic heterocycles. The molecule has 1 amide bonds. The van der Waals surface area contributed by atoms with E-state index in [-0.39, 0.29) is 17.6 Å². The van der Waals surface area contributed by atoms with Crippen molar-refractivity contribution in [3.8, 4) is 0 Å². The lowest BCUT2D eigenvalue weighted by Gasteiger charge is -2.32. The lowest BCUT2D eigenvalue weighted by Crippen LogP contribution is -2.38. The smallest absolute Gasteiger partial charge is 0.253 e. The number of hydrogen-bond donors (Lipinski definition) is 0. The maximum absolute atomic E-state index is 13.9. The summed E-state index contributed by atoms with van der Waals surface area (Å²) in [5, 5.41) is 5.38. The topological polar surface area (TPSA) is 56.0 Å². The molecular weight excluding hydrogens is 521 g/mol. The van der Waals surface area contributed by atoms with Crippen molar-refractivity contribution in [1.82, 2.24) is 24.2 Å². The van der Waals surface area contributed by atoms with Crippen molar-refractivity contribution in [3.63, 3.8) is 0 Å². The second-order valence-corrected chi connectivity index (χ2v) is 10.1. The van der Waals surface area contributed by atoms with Crippen molar-refractivity contribution in [2.75, 3.05) is 13.1 Å². The third-order valence-corrected chi connectivity index (χ3v) is 7.70. The van der Waals surface area contributed by atoms with Gasteiger partial charge in [0.05, 0.1) is 16.6 Å². The summed E-state index contributed by atoms with van der Waals surface area (Å²) in [4.78, 5) is 20.2. The number of likely N-dealkylation sites (tertiary alicyclic amines) is 1. The zero-order chi connectivity index (χ0) is 24.8. The van der Waals surface area contributed by atoms with Gasteiger partial charge in [0.2, 0.25) is 0 Å². The maximum Gasteiger partial charge on any atom is 0.253 e. The highest BCUT2D eigenvalue weighted by atomic mass is 79.9. The van der Waals surface area contributed by atoms with Gasteiger partial charge in [-0.2, -0.15) is 5.10 Å². The molecule has 8 heteroatoms. The van der Waals surface area contributed by atoms with E-state index in [2.05, 4.69) is 31.7 Å². The number of aryl methyl sites for hydroxylation is 1. The van der Waals surface area contributed by atoms with E-state index in [9.17, 15) is 9.18 Å². The number of amides is 1. The predicted molar refractivity (Wildman–Crippen MR) is 142 cm³/mol. The van der Waals surface area contributed by atoms with E-state index in [1.807, 2.05) is 54.4 Å². The zero-order valence-corrected chi connectivity index (χ0v) is 21.4. The Balaban J connectivity index is 1.24. The quantitative estimate of drug-likeness (QED) is 0.283. The maximum atomic E-state index is 13.9. The molecule has 5 aromatic rings. The molecule has 0 unspecified atom stereocenters. The van der Waals surface area contributed by atoms with E-state index in [4.69, 9.17) is 4.98 Å². The van der Waals surface area contributed by atoms with Crippen molar-refractivity contribution < 1.29 is 9.18 Å². The van der Waals surface area contributed by atoms with Crippen LogP contribution >= 0.6 is 15.9 Å². The average Bonchev–Trinajstić information content (AvgIpc) is 3.40. The summed E-state index contributed by atoms with van der Waals surface area (Å²) in [7, 11) is 1.88. The fourth-order valence-electron chi connectivity index (χ4n) is 5.26. The average molecular weight is 546 g/mol. The van der Waals surface area contributed by atoms with Crippen LogP contribution in [0.4, 0.5) is 4.39 Å². The van der Waals surface area contributed by atoms with Gasteiger partial charge in [-0.05, 0) is 76.8 Å². The summed E-state index contributed by atoms with van der Waals surface area (Å²) in [6.07, 6.45) is 1.66. The summed E-state index contributed by atoms with van der Waals surface area (Å²) in [5.74, 6) is 1.04. The van der Waals surface area contributed by atoms with Crippen LogP contribution in [-0.4, -0.2) is 43.2 Å².